The monoisotopic (exact) mass is 410 g/mol. The SMILES string of the molecule is O=C(NN=C1C2CCCC1[C@H](c1ccccc1)N[C@@H]2c1ccccc1)c1ccncc1. The number of pyridine rings is 1. The van der Waals surface area contributed by atoms with Crippen molar-refractivity contribution >= 4 is 11.6 Å². The summed E-state index contributed by atoms with van der Waals surface area (Å²) in [6, 6.07) is 24.9. The van der Waals surface area contributed by atoms with Crippen LogP contribution in [-0.2, 0) is 0 Å². The minimum Gasteiger partial charge on any atom is -0.302 e. The van der Waals surface area contributed by atoms with Crippen molar-refractivity contribution < 1.29 is 4.79 Å². The highest BCUT2D eigenvalue weighted by Crippen LogP contribution is 2.46. The van der Waals surface area contributed by atoms with E-state index in [9.17, 15) is 4.79 Å². The third kappa shape index (κ3) is 4.01. The number of carbonyl (C=O) groups is 1. The highest BCUT2D eigenvalue weighted by Gasteiger charge is 2.45. The zero-order chi connectivity index (χ0) is 21.0. The van der Waals surface area contributed by atoms with E-state index < -0.39 is 0 Å². The minimum absolute atomic E-state index is 0.166. The van der Waals surface area contributed by atoms with Crippen molar-refractivity contribution in [3.63, 3.8) is 0 Å². The van der Waals surface area contributed by atoms with E-state index in [2.05, 4.69) is 76.4 Å². The van der Waals surface area contributed by atoms with E-state index in [1.54, 1.807) is 24.5 Å². The van der Waals surface area contributed by atoms with Crippen molar-refractivity contribution in [1.29, 1.82) is 0 Å². The van der Waals surface area contributed by atoms with Gasteiger partial charge in [0, 0.05) is 47.6 Å². The van der Waals surface area contributed by atoms with Crippen LogP contribution >= 0.6 is 0 Å². The second-order valence-corrected chi connectivity index (χ2v) is 8.30. The smallest absolute Gasteiger partial charge is 0.271 e. The molecule has 156 valence electrons. The van der Waals surface area contributed by atoms with Crippen molar-refractivity contribution in [2.45, 2.75) is 31.3 Å². The number of fused-ring (bicyclic) bond motifs is 2. The lowest BCUT2D eigenvalue weighted by Crippen LogP contribution is -2.51. The molecule has 5 nitrogen and oxygen atoms in total. The molecule has 1 aliphatic carbocycles. The largest absolute Gasteiger partial charge is 0.302 e. The molecule has 2 fully saturated rings. The Morgan fingerprint density at radius 2 is 1.39 bits per heavy atom. The molecule has 5 heteroatoms. The molecule has 2 N–H and O–H groups in total. The minimum atomic E-state index is -0.195. The maximum Gasteiger partial charge on any atom is 0.271 e. The summed E-state index contributed by atoms with van der Waals surface area (Å²) in [5, 5.41) is 8.69. The van der Waals surface area contributed by atoms with Crippen molar-refractivity contribution in [1.82, 2.24) is 15.7 Å². The zero-order valence-corrected chi connectivity index (χ0v) is 17.3. The summed E-state index contributed by atoms with van der Waals surface area (Å²) in [7, 11) is 0. The Kier molecular flexibility index (Phi) is 5.59. The number of benzene rings is 2. The van der Waals surface area contributed by atoms with E-state index in [-0.39, 0.29) is 29.8 Å². The summed E-state index contributed by atoms with van der Waals surface area (Å²) in [4.78, 5) is 16.6. The molecule has 3 aromatic rings. The molecule has 1 saturated carbocycles. The Morgan fingerprint density at radius 1 is 0.839 bits per heavy atom. The topological polar surface area (TPSA) is 66.4 Å². The van der Waals surface area contributed by atoms with Gasteiger partial charge >= 0.3 is 0 Å². The molecule has 4 atom stereocenters. The van der Waals surface area contributed by atoms with Gasteiger partial charge in [-0.2, -0.15) is 5.10 Å². The highest BCUT2D eigenvalue weighted by atomic mass is 16.2. The second kappa shape index (κ2) is 8.82. The van der Waals surface area contributed by atoms with E-state index >= 15 is 0 Å². The van der Waals surface area contributed by atoms with Gasteiger partial charge in [0.05, 0.1) is 0 Å². The molecule has 2 heterocycles. The predicted molar refractivity (Wildman–Crippen MR) is 121 cm³/mol. The first-order valence-corrected chi connectivity index (χ1v) is 10.9. The fourth-order valence-corrected chi connectivity index (χ4v) is 5.06. The van der Waals surface area contributed by atoms with Gasteiger partial charge in [-0.05, 0) is 36.1 Å². The number of hydrazone groups is 1. The van der Waals surface area contributed by atoms with Crippen LogP contribution in [0.25, 0.3) is 0 Å². The van der Waals surface area contributed by atoms with Crippen molar-refractivity contribution in [2.75, 3.05) is 0 Å². The van der Waals surface area contributed by atoms with Crippen LogP contribution in [0.4, 0.5) is 0 Å². The maximum atomic E-state index is 12.6. The first-order chi connectivity index (χ1) is 15.3. The van der Waals surface area contributed by atoms with Crippen LogP contribution < -0.4 is 10.7 Å². The van der Waals surface area contributed by atoms with Gasteiger partial charge in [-0.15, -0.1) is 0 Å². The summed E-state index contributed by atoms with van der Waals surface area (Å²) >= 11 is 0. The molecule has 1 aromatic heterocycles. The number of aromatic nitrogens is 1. The number of nitrogens with one attached hydrogen (secondary N) is 2. The number of hydrogen-bond acceptors (Lipinski definition) is 4. The van der Waals surface area contributed by atoms with Crippen LogP contribution in [0.5, 0.6) is 0 Å². The fourth-order valence-electron chi connectivity index (χ4n) is 5.06. The lowest BCUT2D eigenvalue weighted by molar-refractivity contribution is 0.0953. The van der Waals surface area contributed by atoms with Gasteiger partial charge in [0.15, 0.2) is 0 Å². The van der Waals surface area contributed by atoms with Crippen LogP contribution in [0.3, 0.4) is 0 Å². The van der Waals surface area contributed by atoms with Gasteiger partial charge < -0.3 is 5.32 Å². The van der Waals surface area contributed by atoms with Gasteiger partial charge in [-0.3, -0.25) is 9.78 Å². The standard InChI is InChI=1S/C26H26N4O/c31-26(20-14-16-27-17-15-20)30-29-25-21-12-7-13-22(25)24(19-10-5-2-6-11-19)28-23(21)18-8-3-1-4-9-18/h1-6,8-11,14-17,21-24,28H,7,12-13H2,(H,30,31)/t21?,22?,23-,24+. The molecular formula is C26H26N4O. The Morgan fingerprint density at radius 3 is 1.94 bits per heavy atom. The number of hydrogen-bond donors (Lipinski definition) is 2. The average Bonchev–Trinajstić information content (AvgIpc) is 2.84. The fraction of sp³-hybridized carbons (Fsp3) is 0.269. The molecule has 0 radical (unpaired) electrons. The van der Waals surface area contributed by atoms with Gasteiger partial charge in [-0.25, -0.2) is 5.43 Å². The van der Waals surface area contributed by atoms with Crippen LogP contribution in [-0.4, -0.2) is 16.6 Å². The summed E-state index contributed by atoms with van der Waals surface area (Å²) in [5.41, 5.74) is 7.04. The quantitative estimate of drug-likeness (QED) is 0.614. The predicted octanol–water partition coefficient (Wildman–Crippen LogP) is 4.67. The van der Waals surface area contributed by atoms with Crippen molar-refractivity contribution in [3.05, 3.63) is 102 Å². The molecule has 31 heavy (non-hydrogen) atoms. The van der Waals surface area contributed by atoms with E-state index in [0.29, 0.717) is 5.56 Å². The Labute approximate surface area is 182 Å². The van der Waals surface area contributed by atoms with E-state index in [1.165, 1.54) is 17.5 Å². The molecule has 2 bridgehead atoms. The van der Waals surface area contributed by atoms with Gasteiger partial charge in [0.25, 0.3) is 5.91 Å². The maximum absolute atomic E-state index is 12.6. The Bertz CT molecular complexity index is 997. The van der Waals surface area contributed by atoms with Gasteiger partial charge in [0.2, 0.25) is 0 Å². The Balaban J connectivity index is 1.51. The molecule has 1 saturated heterocycles. The molecule has 1 amide bonds. The summed E-state index contributed by atoms with van der Waals surface area (Å²) in [5.74, 6) is 0.330. The number of rotatable bonds is 4. The zero-order valence-electron chi connectivity index (χ0n) is 17.3. The lowest BCUT2D eigenvalue weighted by atomic mass is 9.67. The van der Waals surface area contributed by atoms with Crippen LogP contribution in [0, 0.1) is 11.8 Å². The molecule has 0 spiro atoms. The van der Waals surface area contributed by atoms with E-state index in [4.69, 9.17) is 5.10 Å². The van der Waals surface area contributed by atoms with Crippen LogP contribution in [0.2, 0.25) is 0 Å². The summed E-state index contributed by atoms with van der Waals surface area (Å²) in [6.07, 6.45) is 6.54. The first-order valence-electron chi connectivity index (χ1n) is 10.9. The third-order valence-corrected chi connectivity index (χ3v) is 6.50. The van der Waals surface area contributed by atoms with Crippen LogP contribution in [0.1, 0.15) is 52.8 Å². The highest BCUT2D eigenvalue weighted by molar-refractivity contribution is 5.97. The third-order valence-electron chi connectivity index (χ3n) is 6.50. The number of nitrogens with zero attached hydrogens (tertiary/aromatic N) is 2. The van der Waals surface area contributed by atoms with Crippen molar-refractivity contribution in [3.8, 4) is 0 Å². The second-order valence-electron chi connectivity index (χ2n) is 8.30. The average molecular weight is 411 g/mol. The van der Waals surface area contributed by atoms with Crippen molar-refractivity contribution in [2.24, 2.45) is 16.9 Å². The van der Waals surface area contributed by atoms with Gasteiger partial charge in [0.1, 0.15) is 0 Å². The molecular weight excluding hydrogens is 384 g/mol. The van der Waals surface area contributed by atoms with Gasteiger partial charge in [-0.1, -0.05) is 67.1 Å². The lowest BCUT2D eigenvalue weighted by Gasteiger charge is -2.47. The van der Waals surface area contributed by atoms with E-state index in [0.717, 1.165) is 18.6 Å². The normalized spacial score (nSPS) is 26.4. The number of piperidine rings is 1. The summed E-state index contributed by atoms with van der Waals surface area (Å²) in [6.45, 7) is 0. The summed E-state index contributed by atoms with van der Waals surface area (Å²) < 4.78 is 0. The Hall–Kier alpha value is -3.31. The number of amides is 1. The first kappa shape index (κ1) is 19.6. The van der Waals surface area contributed by atoms with Crippen LogP contribution in [0.15, 0.2) is 90.3 Å². The molecule has 1 aliphatic heterocycles. The molecule has 5 rings (SSSR count). The molecule has 2 unspecified atom stereocenters. The van der Waals surface area contributed by atoms with E-state index in [1.807, 2.05) is 0 Å². The molecule has 2 aromatic carbocycles. The molecule has 2 aliphatic rings. The number of carbonyl (C=O) groups excluding carboxylic acids is 1.